The lowest BCUT2D eigenvalue weighted by Gasteiger charge is -2.27. The van der Waals surface area contributed by atoms with Crippen LogP contribution in [0.15, 0.2) is 24.3 Å². The SMILES string of the molecule is CCc1ccc(NC(=O)C2CCC(C(=O)NCCCOC)CC2)cc1. The lowest BCUT2D eigenvalue weighted by molar-refractivity contribution is -0.128. The maximum absolute atomic E-state index is 12.4. The van der Waals surface area contributed by atoms with E-state index >= 15 is 0 Å². The van der Waals surface area contributed by atoms with Crippen molar-refractivity contribution < 1.29 is 14.3 Å². The summed E-state index contributed by atoms with van der Waals surface area (Å²) >= 11 is 0. The predicted octanol–water partition coefficient (Wildman–Crippen LogP) is 3.15. The Bertz CT molecular complexity index is 549. The zero-order chi connectivity index (χ0) is 18.1. The van der Waals surface area contributed by atoms with Crippen LogP contribution in [0.2, 0.25) is 0 Å². The first-order chi connectivity index (χ1) is 12.1. The van der Waals surface area contributed by atoms with Crippen LogP contribution < -0.4 is 10.6 Å². The summed E-state index contributed by atoms with van der Waals surface area (Å²) < 4.78 is 4.98. The molecule has 1 aliphatic rings. The number of amides is 2. The number of carbonyl (C=O) groups excluding carboxylic acids is 2. The van der Waals surface area contributed by atoms with Crippen LogP contribution in [0.3, 0.4) is 0 Å². The van der Waals surface area contributed by atoms with E-state index in [1.807, 2.05) is 24.3 Å². The second kappa shape index (κ2) is 10.2. The van der Waals surface area contributed by atoms with Crippen molar-refractivity contribution in [2.45, 2.75) is 45.4 Å². The van der Waals surface area contributed by atoms with Gasteiger partial charge in [-0.25, -0.2) is 0 Å². The van der Waals surface area contributed by atoms with Crippen molar-refractivity contribution in [1.82, 2.24) is 5.32 Å². The molecule has 1 saturated carbocycles. The van der Waals surface area contributed by atoms with Gasteiger partial charge in [0.1, 0.15) is 0 Å². The third-order valence-corrected chi connectivity index (χ3v) is 4.92. The van der Waals surface area contributed by atoms with Gasteiger partial charge in [-0.15, -0.1) is 0 Å². The van der Waals surface area contributed by atoms with E-state index in [9.17, 15) is 9.59 Å². The second-order valence-electron chi connectivity index (χ2n) is 6.73. The Balaban J connectivity index is 1.73. The summed E-state index contributed by atoms with van der Waals surface area (Å²) in [6, 6.07) is 7.99. The minimum atomic E-state index is 0.00314. The van der Waals surface area contributed by atoms with Crippen molar-refractivity contribution in [1.29, 1.82) is 0 Å². The monoisotopic (exact) mass is 346 g/mol. The number of nitrogens with one attached hydrogen (secondary N) is 2. The fourth-order valence-corrected chi connectivity index (χ4v) is 3.26. The first kappa shape index (κ1) is 19.4. The van der Waals surface area contributed by atoms with Crippen LogP contribution in [-0.4, -0.2) is 32.1 Å². The Morgan fingerprint density at radius 1 is 1.04 bits per heavy atom. The van der Waals surface area contributed by atoms with Crippen molar-refractivity contribution in [3.8, 4) is 0 Å². The van der Waals surface area contributed by atoms with E-state index in [0.717, 1.165) is 44.2 Å². The molecule has 0 aromatic heterocycles. The molecular weight excluding hydrogens is 316 g/mol. The van der Waals surface area contributed by atoms with Crippen molar-refractivity contribution in [3.63, 3.8) is 0 Å². The molecule has 2 rings (SSSR count). The number of aryl methyl sites for hydroxylation is 1. The van der Waals surface area contributed by atoms with Gasteiger partial charge in [0.25, 0.3) is 0 Å². The van der Waals surface area contributed by atoms with Gasteiger partial charge in [-0.05, 0) is 56.2 Å². The molecule has 0 bridgehead atoms. The molecule has 0 saturated heterocycles. The summed E-state index contributed by atoms with van der Waals surface area (Å²) in [4.78, 5) is 24.6. The van der Waals surface area contributed by atoms with E-state index in [0.29, 0.717) is 13.2 Å². The number of anilines is 1. The molecular formula is C20H30N2O3. The predicted molar refractivity (Wildman–Crippen MR) is 99.4 cm³/mol. The van der Waals surface area contributed by atoms with Gasteiger partial charge >= 0.3 is 0 Å². The van der Waals surface area contributed by atoms with Crippen molar-refractivity contribution in [2.75, 3.05) is 25.6 Å². The zero-order valence-corrected chi connectivity index (χ0v) is 15.3. The number of ether oxygens (including phenoxy) is 1. The molecule has 0 atom stereocenters. The second-order valence-corrected chi connectivity index (χ2v) is 6.73. The molecule has 2 N–H and O–H groups in total. The van der Waals surface area contributed by atoms with E-state index in [2.05, 4.69) is 17.6 Å². The molecule has 0 aliphatic heterocycles. The number of hydrogen-bond donors (Lipinski definition) is 2. The Morgan fingerprint density at radius 2 is 1.64 bits per heavy atom. The molecule has 1 aromatic carbocycles. The number of carbonyl (C=O) groups is 2. The lowest BCUT2D eigenvalue weighted by Crippen LogP contribution is -2.36. The summed E-state index contributed by atoms with van der Waals surface area (Å²) in [7, 11) is 1.66. The maximum atomic E-state index is 12.4. The Labute approximate surface area is 150 Å². The summed E-state index contributed by atoms with van der Waals surface area (Å²) in [5, 5.41) is 5.96. The van der Waals surface area contributed by atoms with Gasteiger partial charge in [0.2, 0.25) is 11.8 Å². The number of benzene rings is 1. The smallest absolute Gasteiger partial charge is 0.227 e. The van der Waals surface area contributed by atoms with Gasteiger partial charge < -0.3 is 15.4 Å². The number of methoxy groups -OCH3 is 1. The third kappa shape index (κ3) is 6.16. The van der Waals surface area contributed by atoms with Crippen LogP contribution in [0.1, 0.15) is 44.6 Å². The van der Waals surface area contributed by atoms with Gasteiger partial charge in [-0.1, -0.05) is 19.1 Å². The zero-order valence-electron chi connectivity index (χ0n) is 15.3. The molecule has 0 spiro atoms. The average Bonchev–Trinajstić information content (AvgIpc) is 2.66. The molecule has 5 nitrogen and oxygen atoms in total. The summed E-state index contributed by atoms with van der Waals surface area (Å²) in [6.07, 6.45) is 4.93. The Hall–Kier alpha value is -1.88. The topological polar surface area (TPSA) is 67.4 Å². The fourth-order valence-electron chi connectivity index (χ4n) is 3.26. The molecule has 0 radical (unpaired) electrons. The number of hydrogen-bond acceptors (Lipinski definition) is 3. The van der Waals surface area contributed by atoms with Crippen LogP contribution in [0, 0.1) is 11.8 Å². The van der Waals surface area contributed by atoms with Gasteiger partial charge in [-0.3, -0.25) is 9.59 Å². The maximum Gasteiger partial charge on any atom is 0.227 e. The highest BCUT2D eigenvalue weighted by Crippen LogP contribution is 2.30. The first-order valence-corrected chi connectivity index (χ1v) is 9.30. The Kier molecular flexibility index (Phi) is 7.92. The summed E-state index contributed by atoms with van der Waals surface area (Å²) in [5.74, 6) is 0.229. The van der Waals surface area contributed by atoms with Crippen LogP contribution in [-0.2, 0) is 20.7 Å². The van der Waals surface area contributed by atoms with Crippen LogP contribution in [0.5, 0.6) is 0 Å². The van der Waals surface area contributed by atoms with E-state index in [1.165, 1.54) is 5.56 Å². The van der Waals surface area contributed by atoms with E-state index < -0.39 is 0 Å². The molecule has 5 heteroatoms. The highest BCUT2D eigenvalue weighted by Gasteiger charge is 2.29. The molecule has 1 aromatic rings. The van der Waals surface area contributed by atoms with Crippen LogP contribution in [0.25, 0.3) is 0 Å². The molecule has 1 fully saturated rings. The quantitative estimate of drug-likeness (QED) is 0.711. The molecule has 1 aliphatic carbocycles. The molecule has 0 heterocycles. The minimum Gasteiger partial charge on any atom is -0.385 e. The van der Waals surface area contributed by atoms with Crippen molar-refractivity contribution >= 4 is 17.5 Å². The van der Waals surface area contributed by atoms with Gasteiger partial charge in [0, 0.05) is 37.8 Å². The van der Waals surface area contributed by atoms with Crippen molar-refractivity contribution in [2.24, 2.45) is 11.8 Å². The van der Waals surface area contributed by atoms with Gasteiger partial charge in [-0.2, -0.15) is 0 Å². The molecule has 138 valence electrons. The van der Waals surface area contributed by atoms with E-state index in [1.54, 1.807) is 7.11 Å². The molecule has 0 unspecified atom stereocenters. The van der Waals surface area contributed by atoms with Crippen LogP contribution >= 0.6 is 0 Å². The average molecular weight is 346 g/mol. The first-order valence-electron chi connectivity index (χ1n) is 9.30. The van der Waals surface area contributed by atoms with E-state index in [4.69, 9.17) is 4.74 Å². The summed E-state index contributed by atoms with van der Waals surface area (Å²) in [6.45, 7) is 3.42. The fraction of sp³-hybridized carbons (Fsp3) is 0.600. The largest absolute Gasteiger partial charge is 0.385 e. The molecule has 2 amide bonds. The van der Waals surface area contributed by atoms with E-state index in [-0.39, 0.29) is 23.7 Å². The minimum absolute atomic E-state index is 0.00314. The molecule has 25 heavy (non-hydrogen) atoms. The highest BCUT2D eigenvalue weighted by molar-refractivity contribution is 5.92. The summed E-state index contributed by atoms with van der Waals surface area (Å²) in [5.41, 5.74) is 2.11. The third-order valence-electron chi connectivity index (χ3n) is 4.92. The highest BCUT2D eigenvalue weighted by atomic mass is 16.5. The van der Waals surface area contributed by atoms with Crippen molar-refractivity contribution in [3.05, 3.63) is 29.8 Å². The Morgan fingerprint density at radius 3 is 2.20 bits per heavy atom. The van der Waals surface area contributed by atoms with Crippen LogP contribution in [0.4, 0.5) is 5.69 Å². The number of rotatable bonds is 8. The van der Waals surface area contributed by atoms with Gasteiger partial charge in [0.05, 0.1) is 0 Å². The van der Waals surface area contributed by atoms with Gasteiger partial charge in [0.15, 0.2) is 0 Å². The standard InChI is InChI=1S/C20H30N2O3/c1-3-15-5-11-18(12-6-15)22-20(24)17-9-7-16(8-10-17)19(23)21-13-4-14-25-2/h5-6,11-12,16-17H,3-4,7-10,13-14H2,1-2H3,(H,21,23)(H,22,24). The normalized spacial score (nSPS) is 20.1. The lowest BCUT2D eigenvalue weighted by atomic mass is 9.81.